The summed E-state index contributed by atoms with van der Waals surface area (Å²) in [6, 6.07) is 44.8. The summed E-state index contributed by atoms with van der Waals surface area (Å²) in [5.74, 6) is 3.44. The second kappa shape index (κ2) is 12.7. The third-order valence-electron chi connectivity index (χ3n) is 10.7. The van der Waals surface area contributed by atoms with Crippen molar-refractivity contribution in [1.29, 1.82) is 0 Å². The Morgan fingerprint density at radius 2 is 0.776 bits per heavy atom. The summed E-state index contributed by atoms with van der Waals surface area (Å²) in [6.07, 6.45) is 10.8. The first kappa shape index (κ1) is 32.0. The fourth-order valence-electron chi connectivity index (χ4n) is 7.94. The van der Waals surface area contributed by atoms with Gasteiger partial charge in [-0.1, -0.05) is 48.5 Å². The number of aromatic nitrogens is 6. The first-order valence-electron chi connectivity index (χ1n) is 18.8. The van der Waals surface area contributed by atoms with Crippen molar-refractivity contribution >= 4 is 66.6 Å². The van der Waals surface area contributed by atoms with Crippen molar-refractivity contribution in [1.82, 2.24) is 29.9 Å². The standard InChI is InChI=1S/C48H28N8O2/c1-3-31-5-7-33-11-15-41(53-45(33)43(31)51-21-1)55-37-13-9-35(29-17-23-49-24-18-29)27-39(37)57-47(55)48-56(38-14-10-36(28-40(38)58-48)30-19-25-50-26-20-30)42-16-12-34-8-6-32-4-2-22-52-44(32)46(34)54-42/h1-28H/b48-47+. The average Bonchev–Trinajstić information content (AvgIpc) is 3.87. The van der Waals surface area contributed by atoms with E-state index in [2.05, 4.69) is 82.8 Å². The molecule has 0 N–H and O–H groups in total. The molecule has 272 valence electrons. The van der Waals surface area contributed by atoms with Crippen molar-refractivity contribution in [2.75, 3.05) is 9.80 Å². The molecule has 2 aliphatic rings. The van der Waals surface area contributed by atoms with Crippen LogP contribution in [-0.2, 0) is 0 Å². The molecule has 0 saturated carbocycles. The molecule has 10 nitrogen and oxygen atoms in total. The van der Waals surface area contributed by atoms with Crippen LogP contribution in [0.3, 0.4) is 0 Å². The highest BCUT2D eigenvalue weighted by Gasteiger charge is 2.40. The second-order valence-electron chi connectivity index (χ2n) is 14.1. The lowest BCUT2D eigenvalue weighted by atomic mass is 10.1. The van der Waals surface area contributed by atoms with Gasteiger partial charge in [-0.2, -0.15) is 0 Å². The van der Waals surface area contributed by atoms with E-state index in [1.807, 2.05) is 70.5 Å². The topological polar surface area (TPSA) is 102 Å². The maximum atomic E-state index is 6.99. The Kier molecular flexibility index (Phi) is 6.99. The molecule has 6 aromatic heterocycles. The third-order valence-corrected chi connectivity index (χ3v) is 10.7. The summed E-state index contributed by atoms with van der Waals surface area (Å²) in [4.78, 5) is 32.6. The van der Waals surface area contributed by atoms with Crippen LogP contribution in [0, 0.1) is 0 Å². The van der Waals surface area contributed by atoms with E-state index in [0.29, 0.717) is 34.9 Å². The first-order chi connectivity index (χ1) is 28.7. The van der Waals surface area contributed by atoms with Crippen molar-refractivity contribution in [3.05, 3.63) is 182 Å². The van der Waals surface area contributed by atoms with Gasteiger partial charge in [0.1, 0.15) is 11.6 Å². The zero-order chi connectivity index (χ0) is 38.2. The minimum Gasteiger partial charge on any atom is -0.433 e. The maximum absolute atomic E-state index is 6.99. The van der Waals surface area contributed by atoms with Gasteiger partial charge >= 0.3 is 0 Å². The molecule has 0 saturated heterocycles. The van der Waals surface area contributed by atoms with Crippen molar-refractivity contribution in [2.24, 2.45) is 0 Å². The van der Waals surface area contributed by atoms with Gasteiger partial charge in [-0.25, -0.2) is 9.97 Å². The zero-order valence-corrected chi connectivity index (χ0v) is 30.6. The van der Waals surface area contributed by atoms with E-state index in [-0.39, 0.29) is 0 Å². The highest BCUT2D eigenvalue weighted by Crippen LogP contribution is 2.52. The largest absolute Gasteiger partial charge is 0.433 e. The second-order valence-corrected chi connectivity index (χ2v) is 14.1. The molecular formula is C48H28N8O2. The smallest absolute Gasteiger partial charge is 0.269 e. The molecule has 4 aromatic carbocycles. The van der Waals surface area contributed by atoms with E-state index < -0.39 is 0 Å². The Labute approximate surface area is 331 Å². The molecule has 58 heavy (non-hydrogen) atoms. The molecule has 0 aliphatic carbocycles. The molecule has 0 unspecified atom stereocenters. The normalized spacial score (nSPS) is 14.6. The summed E-state index contributed by atoms with van der Waals surface area (Å²) in [6.45, 7) is 0. The Bertz CT molecular complexity index is 3100. The van der Waals surface area contributed by atoms with E-state index in [1.165, 1.54) is 0 Å². The molecule has 0 amide bonds. The molecule has 12 rings (SSSR count). The van der Waals surface area contributed by atoms with E-state index in [4.69, 9.17) is 29.4 Å². The Morgan fingerprint density at radius 1 is 0.362 bits per heavy atom. The molecule has 0 bridgehead atoms. The van der Waals surface area contributed by atoms with Crippen LogP contribution in [0.15, 0.2) is 182 Å². The monoisotopic (exact) mass is 748 g/mol. The maximum Gasteiger partial charge on any atom is 0.269 e. The van der Waals surface area contributed by atoms with Crippen LogP contribution in [0.1, 0.15) is 0 Å². The quantitative estimate of drug-likeness (QED) is 0.162. The Balaban J connectivity index is 1.11. The van der Waals surface area contributed by atoms with Crippen molar-refractivity contribution in [3.63, 3.8) is 0 Å². The lowest BCUT2D eigenvalue weighted by Gasteiger charge is -2.23. The highest BCUT2D eigenvalue weighted by atomic mass is 16.6. The van der Waals surface area contributed by atoms with Crippen molar-refractivity contribution < 1.29 is 9.47 Å². The van der Waals surface area contributed by atoms with Crippen LogP contribution in [0.25, 0.3) is 65.9 Å². The van der Waals surface area contributed by atoms with Crippen LogP contribution in [0.4, 0.5) is 23.0 Å². The van der Waals surface area contributed by atoms with Gasteiger partial charge in [0, 0.05) is 58.7 Å². The van der Waals surface area contributed by atoms with Crippen molar-refractivity contribution in [3.8, 4) is 33.8 Å². The van der Waals surface area contributed by atoms with Gasteiger partial charge < -0.3 is 9.47 Å². The summed E-state index contributed by atoms with van der Waals surface area (Å²) in [7, 11) is 0. The molecule has 0 atom stereocenters. The number of hydrogen-bond donors (Lipinski definition) is 0. The number of ether oxygens (including phenoxy) is 2. The van der Waals surface area contributed by atoms with Gasteiger partial charge in [-0.3, -0.25) is 29.7 Å². The molecule has 8 heterocycles. The van der Waals surface area contributed by atoms with Crippen molar-refractivity contribution in [2.45, 2.75) is 0 Å². The molecule has 0 radical (unpaired) electrons. The molecule has 2 aliphatic heterocycles. The average molecular weight is 749 g/mol. The minimum atomic E-state index is 0.432. The number of benzene rings is 4. The minimum absolute atomic E-state index is 0.432. The van der Waals surface area contributed by atoms with Crippen LogP contribution < -0.4 is 19.3 Å². The summed E-state index contributed by atoms with van der Waals surface area (Å²) < 4.78 is 14.0. The predicted molar refractivity (Wildman–Crippen MR) is 226 cm³/mol. The highest BCUT2D eigenvalue weighted by molar-refractivity contribution is 6.04. The van der Waals surface area contributed by atoms with E-state index in [0.717, 1.165) is 77.2 Å². The lowest BCUT2D eigenvalue weighted by molar-refractivity contribution is 0.367. The van der Waals surface area contributed by atoms with Crippen LogP contribution >= 0.6 is 0 Å². The van der Waals surface area contributed by atoms with E-state index >= 15 is 0 Å². The Hall–Kier alpha value is -8.24. The third kappa shape index (κ3) is 5.05. The van der Waals surface area contributed by atoms with Gasteiger partial charge in [-0.15, -0.1) is 0 Å². The summed E-state index contributed by atoms with van der Waals surface area (Å²) >= 11 is 0. The zero-order valence-electron chi connectivity index (χ0n) is 30.6. The summed E-state index contributed by atoms with van der Waals surface area (Å²) in [5, 5.41) is 3.98. The predicted octanol–water partition coefficient (Wildman–Crippen LogP) is 10.9. The number of rotatable bonds is 4. The van der Waals surface area contributed by atoms with Crippen LogP contribution in [0.2, 0.25) is 0 Å². The van der Waals surface area contributed by atoms with E-state index in [9.17, 15) is 0 Å². The molecule has 0 fully saturated rings. The van der Waals surface area contributed by atoms with Crippen LogP contribution in [-0.4, -0.2) is 29.9 Å². The van der Waals surface area contributed by atoms with Gasteiger partial charge in [-0.05, 0) is 107 Å². The molecule has 10 aromatic rings. The molecule has 10 heteroatoms. The summed E-state index contributed by atoms with van der Waals surface area (Å²) in [5.41, 5.74) is 8.83. The molecule has 0 spiro atoms. The fraction of sp³-hybridized carbons (Fsp3) is 0. The lowest BCUT2D eigenvalue weighted by Crippen LogP contribution is -2.25. The fourth-order valence-corrected chi connectivity index (χ4v) is 7.94. The van der Waals surface area contributed by atoms with Crippen LogP contribution in [0.5, 0.6) is 11.5 Å². The van der Waals surface area contributed by atoms with Gasteiger partial charge in [0.05, 0.1) is 33.4 Å². The van der Waals surface area contributed by atoms with Gasteiger partial charge in [0.25, 0.3) is 11.8 Å². The Morgan fingerprint density at radius 3 is 1.22 bits per heavy atom. The first-order valence-corrected chi connectivity index (χ1v) is 18.8. The number of anilines is 4. The number of pyridine rings is 6. The SMILES string of the molecule is c1cnc2c(c1)ccc1ccc(N3/C(=C4\Oc5cc(-c6ccncc6)ccc5N4c4ccc5ccc6cccnc6c5n4)Oc4cc(-c5ccncc5)ccc43)nc12. The number of nitrogens with zero attached hydrogens (tertiary/aromatic N) is 8. The van der Waals surface area contributed by atoms with Gasteiger partial charge in [0.15, 0.2) is 11.5 Å². The van der Waals surface area contributed by atoms with E-state index in [1.54, 1.807) is 37.2 Å². The number of fused-ring (bicyclic) bond motifs is 8. The van der Waals surface area contributed by atoms with Gasteiger partial charge in [0.2, 0.25) is 0 Å². The molecular weight excluding hydrogens is 721 g/mol. The number of hydrogen-bond acceptors (Lipinski definition) is 10.